The van der Waals surface area contributed by atoms with Gasteiger partial charge in [-0.3, -0.25) is 14.9 Å². The maximum atomic E-state index is 13.0. The second-order valence-corrected chi connectivity index (χ2v) is 9.82. The first kappa shape index (κ1) is 21.4. The molecule has 2 aliphatic heterocycles. The predicted molar refractivity (Wildman–Crippen MR) is 124 cm³/mol. The van der Waals surface area contributed by atoms with Crippen molar-refractivity contribution in [3.8, 4) is 0 Å². The van der Waals surface area contributed by atoms with Crippen LogP contribution in [0.5, 0.6) is 0 Å². The van der Waals surface area contributed by atoms with E-state index in [0.29, 0.717) is 15.0 Å². The molecule has 0 saturated carbocycles. The third-order valence-electron chi connectivity index (χ3n) is 4.46. The number of thiocarbonyl (C=S) groups is 1. The van der Waals surface area contributed by atoms with Crippen LogP contribution in [0.3, 0.4) is 0 Å². The molecular formula is C19H16ClFN4O2S3. The van der Waals surface area contributed by atoms with Gasteiger partial charge in [0, 0.05) is 16.4 Å². The van der Waals surface area contributed by atoms with Crippen molar-refractivity contribution < 1.29 is 14.0 Å². The third-order valence-corrected chi connectivity index (χ3v) is 7.33. The van der Waals surface area contributed by atoms with Gasteiger partial charge in [0.1, 0.15) is 27.1 Å². The Morgan fingerprint density at radius 3 is 2.63 bits per heavy atom. The van der Waals surface area contributed by atoms with Crippen molar-refractivity contribution in [1.29, 1.82) is 0 Å². The highest BCUT2D eigenvalue weighted by atomic mass is 35.5. The van der Waals surface area contributed by atoms with E-state index in [4.69, 9.17) is 23.8 Å². The van der Waals surface area contributed by atoms with Gasteiger partial charge < -0.3 is 15.5 Å². The molecule has 0 bridgehead atoms. The SMILES string of the molecule is O=C(CSC1NC(=O)C2SC(=S)N(c3ccc(Cl)cc3)C2N1)Nc1ccc(F)cc1. The fourth-order valence-electron chi connectivity index (χ4n) is 3.09. The van der Waals surface area contributed by atoms with Gasteiger partial charge in [-0.1, -0.05) is 35.6 Å². The van der Waals surface area contributed by atoms with E-state index in [1.54, 1.807) is 12.1 Å². The van der Waals surface area contributed by atoms with Crippen LogP contribution >= 0.6 is 47.3 Å². The topological polar surface area (TPSA) is 73.5 Å². The van der Waals surface area contributed by atoms with E-state index in [9.17, 15) is 14.0 Å². The van der Waals surface area contributed by atoms with Crippen LogP contribution in [-0.4, -0.2) is 38.8 Å². The highest BCUT2D eigenvalue weighted by Gasteiger charge is 2.47. The molecule has 2 saturated heterocycles. The number of nitrogens with one attached hydrogen (secondary N) is 3. The standard InChI is InChI=1S/C19H16ClFN4O2S3/c20-10-1-7-13(8-2-10)25-16-15(30-19(25)28)17(27)24-18(23-16)29-9-14(26)22-12-5-3-11(21)4-6-12/h1-8,15-16,18,23H,9H2,(H,22,26)(H,24,27). The summed E-state index contributed by atoms with van der Waals surface area (Å²) in [7, 11) is 0. The average molecular weight is 483 g/mol. The van der Waals surface area contributed by atoms with Gasteiger partial charge in [-0.2, -0.15) is 0 Å². The zero-order valence-electron chi connectivity index (χ0n) is 15.3. The summed E-state index contributed by atoms with van der Waals surface area (Å²) in [4.78, 5) is 26.7. The fourth-order valence-corrected chi connectivity index (χ4v) is 5.63. The molecule has 0 aliphatic carbocycles. The van der Waals surface area contributed by atoms with Gasteiger partial charge >= 0.3 is 0 Å². The molecule has 0 spiro atoms. The van der Waals surface area contributed by atoms with Crippen molar-refractivity contribution >= 4 is 74.9 Å². The maximum absolute atomic E-state index is 13.0. The van der Waals surface area contributed by atoms with E-state index in [1.807, 2.05) is 17.0 Å². The summed E-state index contributed by atoms with van der Waals surface area (Å²) in [5.74, 6) is -0.663. The number of amides is 2. The molecule has 2 aromatic carbocycles. The number of rotatable bonds is 5. The van der Waals surface area contributed by atoms with Gasteiger partial charge in [-0.05, 0) is 48.5 Å². The Balaban J connectivity index is 1.39. The number of carbonyl (C=O) groups excluding carboxylic acids is 2. The quantitative estimate of drug-likeness (QED) is 0.564. The Kier molecular flexibility index (Phi) is 6.49. The molecule has 6 nitrogen and oxygen atoms in total. The smallest absolute Gasteiger partial charge is 0.238 e. The van der Waals surface area contributed by atoms with Crippen molar-refractivity contribution in [3.63, 3.8) is 0 Å². The molecular weight excluding hydrogens is 467 g/mol. The Morgan fingerprint density at radius 2 is 1.93 bits per heavy atom. The molecule has 156 valence electrons. The lowest BCUT2D eigenvalue weighted by molar-refractivity contribution is -0.122. The maximum Gasteiger partial charge on any atom is 0.238 e. The van der Waals surface area contributed by atoms with Gasteiger partial charge in [-0.15, -0.1) is 11.8 Å². The summed E-state index contributed by atoms with van der Waals surface area (Å²) in [6.07, 6.45) is -0.338. The Morgan fingerprint density at radius 1 is 1.23 bits per heavy atom. The Bertz CT molecular complexity index is 977. The lowest BCUT2D eigenvalue weighted by Crippen LogP contribution is -2.64. The highest BCUT2D eigenvalue weighted by Crippen LogP contribution is 2.37. The van der Waals surface area contributed by atoms with Crippen LogP contribution in [0.1, 0.15) is 0 Å². The van der Waals surface area contributed by atoms with Crippen molar-refractivity contribution in [2.75, 3.05) is 16.0 Å². The highest BCUT2D eigenvalue weighted by molar-refractivity contribution is 8.24. The summed E-state index contributed by atoms with van der Waals surface area (Å²) >= 11 is 14.0. The molecule has 3 unspecified atom stereocenters. The lowest BCUT2D eigenvalue weighted by Gasteiger charge is -2.36. The number of anilines is 2. The monoisotopic (exact) mass is 482 g/mol. The predicted octanol–water partition coefficient (Wildman–Crippen LogP) is 3.39. The molecule has 30 heavy (non-hydrogen) atoms. The number of carbonyl (C=O) groups is 2. The van der Waals surface area contributed by atoms with Crippen LogP contribution < -0.4 is 20.9 Å². The molecule has 2 aromatic rings. The number of benzene rings is 2. The molecule has 4 rings (SSSR count). The van der Waals surface area contributed by atoms with Gasteiger partial charge in [0.15, 0.2) is 0 Å². The molecule has 2 amide bonds. The van der Waals surface area contributed by atoms with Crippen LogP contribution in [0, 0.1) is 5.82 Å². The summed E-state index contributed by atoms with van der Waals surface area (Å²) in [5, 5.41) is 9.15. The second-order valence-electron chi connectivity index (χ2n) is 6.52. The van der Waals surface area contributed by atoms with E-state index >= 15 is 0 Å². The fraction of sp³-hybridized carbons (Fsp3) is 0.211. The summed E-state index contributed by atoms with van der Waals surface area (Å²) in [5.41, 5.74) is 0.882. The minimum absolute atomic E-state index is 0.102. The van der Waals surface area contributed by atoms with Gasteiger partial charge in [0.2, 0.25) is 11.8 Å². The zero-order chi connectivity index (χ0) is 21.3. The van der Waals surface area contributed by atoms with Crippen LogP contribution in [0.25, 0.3) is 0 Å². The van der Waals surface area contributed by atoms with E-state index in [2.05, 4.69) is 16.0 Å². The molecule has 3 atom stereocenters. The number of hydrogen-bond donors (Lipinski definition) is 3. The number of thioether (sulfide) groups is 2. The van der Waals surface area contributed by atoms with Gasteiger partial charge in [0.25, 0.3) is 0 Å². The number of hydrogen-bond acceptors (Lipinski definition) is 6. The molecule has 0 aromatic heterocycles. The van der Waals surface area contributed by atoms with Crippen molar-refractivity contribution in [3.05, 3.63) is 59.4 Å². The third kappa shape index (κ3) is 4.73. The van der Waals surface area contributed by atoms with Crippen LogP contribution in [-0.2, 0) is 9.59 Å². The lowest BCUT2D eigenvalue weighted by atomic mass is 10.2. The number of nitrogens with zero attached hydrogens (tertiary/aromatic N) is 1. The minimum Gasteiger partial charge on any atom is -0.331 e. The van der Waals surface area contributed by atoms with Crippen LogP contribution in [0.4, 0.5) is 15.8 Å². The summed E-state index contributed by atoms with van der Waals surface area (Å²) in [6.45, 7) is 0. The van der Waals surface area contributed by atoms with Gasteiger partial charge in [-0.25, -0.2) is 4.39 Å². The molecule has 11 heteroatoms. The normalized spacial score (nSPS) is 23.1. The number of fused-ring (bicyclic) bond motifs is 1. The average Bonchev–Trinajstić information content (AvgIpc) is 3.05. The van der Waals surface area contributed by atoms with Crippen molar-refractivity contribution in [2.45, 2.75) is 16.9 Å². The molecule has 0 radical (unpaired) electrons. The Hall–Kier alpha value is -1.85. The number of halogens is 2. The first-order chi connectivity index (χ1) is 14.4. The molecule has 2 aliphatic rings. The largest absolute Gasteiger partial charge is 0.331 e. The zero-order valence-corrected chi connectivity index (χ0v) is 18.5. The second kappa shape index (κ2) is 9.11. The van der Waals surface area contributed by atoms with E-state index in [1.165, 1.54) is 47.8 Å². The van der Waals surface area contributed by atoms with E-state index in [-0.39, 0.29) is 29.6 Å². The first-order valence-corrected chi connectivity index (χ1v) is 11.6. The molecule has 3 N–H and O–H groups in total. The summed E-state index contributed by atoms with van der Waals surface area (Å²) in [6, 6.07) is 12.8. The Labute approximate surface area is 191 Å². The van der Waals surface area contributed by atoms with Crippen molar-refractivity contribution in [2.24, 2.45) is 0 Å². The van der Waals surface area contributed by atoms with E-state index < -0.39 is 10.7 Å². The van der Waals surface area contributed by atoms with Gasteiger partial charge in [0.05, 0.1) is 5.75 Å². The van der Waals surface area contributed by atoms with E-state index in [0.717, 1.165) is 5.69 Å². The minimum atomic E-state index is -0.464. The molecule has 2 heterocycles. The first-order valence-electron chi connectivity index (χ1n) is 8.89. The molecule has 2 fully saturated rings. The summed E-state index contributed by atoms with van der Waals surface area (Å²) < 4.78 is 13.6. The van der Waals surface area contributed by atoms with Crippen LogP contribution in [0.2, 0.25) is 5.02 Å². The van der Waals surface area contributed by atoms with Crippen molar-refractivity contribution in [1.82, 2.24) is 10.6 Å². The van der Waals surface area contributed by atoms with Crippen LogP contribution in [0.15, 0.2) is 48.5 Å².